The van der Waals surface area contributed by atoms with Crippen molar-refractivity contribution in [2.24, 2.45) is 0 Å². The maximum Gasteiger partial charge on any atom is 0.244 e. The van der Waals surface area contributed by atoms with Gasteiger partial charge in [0.05, 0.1) is 0 Å². The highest BCUT2D eigenvalue weighted by atomic mass is 79.9. The maximum absolute atomic E-state index is 11.3. The highest BCUT2D eigenvalue weighted by Gasteiger charge is 1.97. The molecule has 0 bridgehead atoms. The molecule has 15 heavy (non-hydrogen) atoms. The highest BCUT2D eigenvalue weighted by molar-refractivity contribution is 9.11. The molecule has 1 aromatic heterocycles. The summed E-state index contributed by atoms with van der Waals surface area (Å²) >= 11 is 4.80. The molecular weight excluding hydrogens is 274 g/mol. The first kappa shape index (κ1) is 12.2. The van der Waals surface area contributed by atoms with Crippen LogP contribution < -0.4 is 5.32 Å². The number of thiophene rings is 1. The second kappa shape index (κ2) is 5.88. The van der Waals surface area contributed by atoms with Crippen molar-refractivity contribution in [2.45, 2.75) is 6.92 Å². The first-order chi connectivity index (χ1) is 7.09. The van der Waals surface area contributed by atoms with Gasteiger partial charge in [0.2, 0.25) is 5.91 Å². The van der Waals surface area contributed by atoms with Crippen LogP contribution in [-0.4, -0.2) is 12.5 Å². The molecular formula is C11H12BrNOS. The summed E-state index contributed by atoms with van der Waals surface area (Å²) in [5.74, 6) is -0.108. The second-order valence-electron chi connectivity index (χ2n) is 3.04. The lowest BCUT2D eigenvalue weighted by Crippen LogP contribution is -2.21. The quantitative estimate of drug-likeness (QED) is 0.847. The molecule has 0 radical (unpaired) electrons. The van der Waals surface area contributed by atoms with Gasteiger partial charge in [-0.25, -0.2) is 0 Å². The van der Waals surface area contributed by atoms with E-state index in [2.05, 4.69) is 27.8 Å². The average Bonchev–Trinajstić information content (AvgIpc) is 2.58. The molecule has 0 aliphatic rings. The third kappa shape index (κ3) is 4.44. The molecule has 1 amide bonds. The van der Waals surface area contributed by atoms with Crippen LogP contribution in [0.1, 0.15) is 10.4 Å². The normalized spacial score (nSPS) is 10.5. The fourth-order valence-corrected chi connectivity index (χ4v) is 1.91. The van der Waals surface area contributed by atoms with Gasteiger partial charge in [-0.2, -0.15) is 0 Å². The van der Waals surface area contributed by atoms with E-state index in [0.29, 0.717) is 6.54 Å². The summed E-state index contributed by atoms with van der Waals surface area (Å²) in [6, 6.07) is 2.03. The Labute approximate surface area is 102 Å². The fraction of sp³-hybridized carbons (Fsp3) is 0.182. The molecule has 2 nitrogen and oxygen atoms in total. The molecule has 0 atom stereocenters. The minimum Gasteiger partial charge on any atom is -0.348 e. The predicted molar refractivity (Wildman–Crippen MR) is 69.2 cm³/mol. The summed E-state index contributed by atoms with van der Waals surface area (Å²) in [5, 5.41) is 4.70. The number of nitrogens with one attached hydrogen (secondary N) is 1. The molecule has 0 fully saturated rings. The summed E-state index contributed by atoms with van der Waals surface area (Å²) in [4.78, 5) is 12.4. The lowest BCUT2D eigenvalue weighted by Gasteiger charge is -1.98. The van der Waals surface area contributed by atoms with Crippen LogP contribution in [0.5, 0.6) is 0 Å². The van der Waals surface area contributed by atoms with Crippen LogP contribution in [-0.2, 0) is 4.79 Å². The Bertz CT molecular complexity index is 395. The van der Waals surface area contributed by atoms with E-state index in [1.807, 2.05) is 24.4 Å². The summed E-state index contributed by atoms with van der Waals surface area (Å²) in [5.41, 5.74) is 1.19. The van der Waals surface area contributed by atoms with Crippen LogP contribution in [0.25, 0.3) is 6.08 Å². The minimum atomic E-state index is -0.108. The summed E-state index contributed by atoms with van der Waals surface area (Å²) in [7, 11) is 0. The van der Waals surface area contributed by atoms with Gasteiger partial charge in [0.15, 0.2) is 0 Å². The van der Waals surface area contributed by atoms with Gasteiger partial charge in [-0.15, -0.1) is 11.3 Å². The predicted octanol–water partition coefficient (Wildman–Crippen LogP) is 3.09. The van der Waals surface area contributed by atoms with Crippen molar-refractivity contribution >= 4 is 39.2 Å². The molecule has 1 heterocycles. The van der Waals surface area contributed by atoms with Gasteiger partial charge in [0.25, 0.3) is 0 Å². The minimum absolute atomic E-state index is 0.108. The first-order valence-electron chi connectivity index (χ1n) is 4.43. The van der Waals surface area contributed by atoms with Crippen molar-refractivity contribution in [1.82, 2.24) is 5.32 Å². The Hall–Kier alpha value is -0.870. The standard InChI is InChI=1S/C11H12BrNOS/c1-8-5-6-15-10(8)3-4-11(14)13-7-9(2)12/h3-6H,2,7H2,1H3,(H,13,14)/b4-3+. The third-order valence-corrected chi connectivity index (χ3v) is 3.01. The number of halogens is 1. The lowest BCUT2D eigenvalue weighted by molar-refractivity contribution is -0.116. The number of carbonyl (C=O) groups is 1. The molecule has 1 N–H and O–H groups in total. The Morgan fingerprint density at radius 2 is 2.47 bits per heavy atom. The average molecular weight is 286 g/mol. The molecule has 0 saturated carbocycles. The fourth-order valence-electron chi connectivity index (χ4n) is 0.949. The van der Waals surface area contributed by atoms with Crippen molar-refractivity contribution in [3.63, 3.8) is 0 Å². The van der Waals surface area contributed by atoms with E-state index in [-0.39, 0.29) is 5.91 Å². The van der Waals surface area contributed by atoms with E-state index < -0.39 is 0 Å². The zero-order valence-electron chi connectivity index (χ0n) is 8.42. The van der Waals surface area contributed by atoms with E-state index >= 15 is 0 Å². The van der Waals surface area contributed by atoms with Gasteiger partial charge in [-0.05, 0) is 30.0 Å². The van der Waals surface area contributed by atoms with Gasteiger partial charge in [-0.1, -0.05) is 22.5 Å². The topological polar surface area (TPSA) is 29.1 Å². The van der Waals surface area contributed by atoms with E-state index in [1.165, 1.54) is 11.6 Å². The van der Waals surface area contributed by atoms with Crippen molar-refractivity contribution in [3.05, 3.63) is 39.0 Å². The SMILES string of the molecule is C=C(Br)CNC(=O)/C=C/c1sccc1C. The van der Waals surface area contributed by atoms with Crippen LogP contribution in [0.15, 0.2) is 28.6 Å². The van der Waals surface area contributed by atoms with Crippen molar-refractivity contribution in [3.8, 4) is 0 Å². The Morgan fingerprint density at radius 1 is 1.73 bits per heavy atom. The number of hydrogen-bond donors (Lipinski definition) is 1. The van der Waals surface area contributed by atoms with Crippen LogP contribution in [0.3, 0.4) is 0 Å². The molecule has 4 heteroatoms. The Kier molecular flexibility index (Phi) is 4.78. The number of hydrogen-bond acceptors (Lipinski definition) is 2. The molecule has 1 rings (SSSR count). The molecule has 0 spiro atoms. The van der Waals surface area contributed by atoms with Gasteiger partial charge in [-0.3, -0.25) is 4.79 Å². The van der Waals surface area contributed by atoms with Gasteiger partial charge < -0.3 is 5.32 Å². The number of amides is 1. The monoisotopic (exact) mass is 285 g/mol. The van der Waals surface area contributed by atoms with E-state index in [9.17, 15) is 4.79 Å². The van der Waals surface area contributed by atoms with Gasteiger partial charge in [0, 0.05) is 22.0 Å². The first-order valence-corrected chi connectivity index (χ1v) is 6.10. The molecule has 0 aliphatic carbocycles. The molecule has 0 aromatic carbocycles. The number of rotatable bonds is 4. The Morgan fingerprint density at radius 3 is 3.00 bits per heavy atom. The molecule has 0 aliphatic heterocycles. The molecule has 1 aromatic rings. The maximum atomic E-state index is 11.3. The highest BCUT2D eigenvalue weighted by Crippen LogP contribution is 2.16. The van der Waals surface area contributed by atoms with E-state index in [1.54, 1.807) is 11.3 Å². The second-order valence-corrected chi connectivity index (χ2v) is 5.11. The lowest BCUT2D eigenvalue weighted by atomic mass is 10.3. The van der Waals surface area contributed by atoms with Crippen LogP contribution in [0, 0.1) is 6.92 Å². The molecule has 0 saturated heterocycles. The number of aryl methyl sites for hydroxylation is 1. The summed E-state index contributed by atoms with van der Waals surface area (Å²) < 4.78 is 0.761. The van der Waals surface area contributed by atoms with Crippen LogP contribution >= 0.6 is 27.3 Å². The molecule has 0 unspecified atom stereocenters. The zero-order valence-corrected chi connectivity index (χ0v) is 10.8. The molecule has 80 valence electrons. The smallest absolute Gasteiger partial charge is 0.244 e. The number of carbonyl (C=O) groups excluding carboxylic acids is 1. The largest absolute Gasteiger partial charge is 0.348 e. The summed E-state index contributed by atoms with van der Waals surface area (Å²) in [6.07, 6.45) is 3.36. The Balaban J connectivity index is 2.48. The zero-order chi connectivity index (χ0) is 11.3. The van der Waals surface area contributed by atoms with Crippen molar-refractivity contribution in [1.29, 1.82) is 0 Å². The van der Waals surface area contributed by atoms with Gasteiger partial charge >= 0.3 is 0 Å². The van der Waals surface area contributed by atoms with Crippen molar-refractivity contribution < 1.29 is 4.79 Å². The summed E-state index contributed by atoms with van der Waals surface area (Å²) in [6.45, 7) is 6.10. The van der Waals surface area contributed by atoms with E-state index in [4.69, 9.17) is 0 Å². The third-order valence-electron chi connectivity index (χ3n) is 1.74. The van der Waals surface area contributed by atoms with Crippen LogP contribution in [0.4, 0.5) is 0 Å². The van der Waals surface area contributed by atoms with Crippen LogP contribution in [0.2, 0.25) is 0 Å². The van der Waals surface area contributed by atoms with E-state index in [0.717, 1.165) is 9.36 Å². The van der Waals surface area contributed by atoms with Gasteiger partial charge in [0.1, 0.15) is 0 Å². The van der Waals surface area contributed by atoms with Crippen molar-refractivity contribution in [2.75, 3.05) is 6.54 Å².